The zero-order chi connectivity index (χ0) is 13.4. The topological polar surface area (TPSA) is 40.6 Å². The summed E-state index contributed by atoms with van der Waals surface area (Å²) in [6.45, 7) is 16.6. The van der Waals surface area contributed by atoms with Crippen molar-refractivity contribution in [2.45, 2.75) is 79.2 Å². The van der Waals surface area contributed by atoms with E-state index in [0.717, 1.165) is 0 Å². The first-order valence-corrected chi connectivity index (χ1v) is 6.72. The van der Waals surface area contributed by atoms with E-state index in [1.165, 1.54) is 0 Å². The van der Waals surface area contributed by atoms with E-state index >= 15 is 0 Å². The second kappa shape index (κ2) is 11.5. The van der Waals surface area contributed by atoms with E-state index in [2.05, 4.69) is 62.6 Å². The van der Waals surface area contributed by atoms with Crippen LogP contribution in [0.25, 0.3) is 10.6 Å². The SMILES string of the molecule is CC(C)(C)[N]=[Mo].CC(C)[N-]C(C)[N-]C(C)C.[CH3-]. The van der Waals surface area contributed by atoms with Gasteiger partial charge in [0.15, 0.2) is 0 Å². The molecule has 0 bridgehead atoms. The Labute approximate surface area is 120 Å². The fraction of sp³-hybridized carbons (Fsp3) is 0.923. The molecule has 0 radical (unpaired) electrons. The second-order valence-electron chi connectivity index (χ2n) is 5.38. The molecule has 0 saturated heterocycles. The third kappa shape index (κ3) is 26.2. The van der Waals surface area contributed by atoms with Gasteiger partial charge in [-0.2, -0.15) is 0 Å². The molecule has 0 aliphatic carbocycles. The van der Waals surface area contributed by atoms with Gasteiger partial charge in [0, 0.05) is 0 Å². The van der Waals surface area contributed by atoms with Crippen molar-refractivity contribution in [2.75, 3.05) is 0 Å². The molecular formula is C13H30MoN3-3. The first-order chi connectivity index (χ1) is 7.08. The van der Waals surface area contributed by atoms with Crippen molar-refractivity contribution in [3.05, 3.63) is 18.1 Å². The van der Waals surface area contributed by atoms with E-state index in [-0.39, 0.29) is 19.1 Å². The normalized spacial score (nSPS) is 11.0. The van der Waals surface area contributed by atoms with Crippen LogP contribution < -0.4 is 0 Å². The summed E-state index contributed by atoms with van der Waals surface area (Å²) in [5, 5.41) is 8.70. The Morgan fingerprint density at radius 2 is 1.12 bits per heavy atom. The van der Waals surface area contributed by atoms with Gasteiger partial charge in [-0.05, 0) is 0 Å². The van der Waals surface area contributed by atoms with E-state index in [0.29, 0.717) is 12.1 Å². The van der Waals surface area contributed by atoms with Gasteiger partial charge in [-0.3, -0.25) is 0 Å². The summed E-state index contributed by atoms with van der Waals surface area (Å²) in [4.78, 5) is 0. The van der Waals surface area contributed by atoms with Crippen molar-refractivity contribution in [1.82, 2.24) is 0 Å². The van der Waals surface area contributed by atoms with E-state index in [1.54, 1.807) is 19.6 Å². The summed E-state index contributed by atoms with van der Waals surface area (Å²) in [6, 6.07) is 0.801. The Kier molecular flexibility index (Phi) is 15.3. The summed E-state index contributed by atoms with van der Waals surface area (Å²) >= 11 is 1.77. The molecule has 17 heavy (non-hydrogen) atoms. The van der Waals surface area contributed by atoms with E-state index in [9.17, 15) is 0 Å². The third-order valence-corrected chi connectivity index (χ3v) is 2.65. The van der Waals surface area contributed by atoms with Crippen LogP contribution in [0.15, 0.2) is 3.50 Å². The summed E-state index contributed by atoms with van der Waals surface area (Å²) in [5.41, 5.74) is 0.171. The Morgan fingerprint density at radius 3 is 1.24 bits per heavy atom. The van der Waals surface area contributed by atoms with Crippen LogP contribution in [-0.4, -0.2) is 23.8 Å². The second-order valence-corrected chi connectivity index (χ2v) is 5.83. The molecule has 0 aliphatic heterocycles. The maximum atomic E-state index is 4.35. The molecule has 0 aromatic carbocycles. The minimum atomic E-state index is 0. The minimum Gasteiger partial charge on any atom is -0.676 e. The zero-order valence-corrected chi connectivity index (χ0v) is 15.0. The van der Waals surface area contributed by atoms with E-state index in [1.807, 2.05) is 6.92 Å². The Hall–Kier alpha value is 0.408. The summed E-state index contributed by atoms with van der Waals surface area (Å²) in [7, 11) is 0. The van der Waals surface area contributed by atoms with Crippen LogP contribution in [0, 0.1) is 7.43 Å². The van der Waals surface area contributed by atoms with Crippen molar-refractivity contribution in [3.63, 3.8) is 0 Å². The average molecular weight is 324 g/mol. The first kappa shape index (κ1) is 22.6. The molecule has 0 unspecified atom stereocenters. The van der Waals surface area contributed by atoms with Gasteiger partial charge in [0.2, 0.25) is 0 Å². The maximum absolute atomic E-state index is 4.35. The maximum Gasteiger partial charge on any atom is -0.0819 e. The van der Waals surface area contributed by atoms with Gasteiger partial charge in [0.05, 0.1) is 0 Å². The molecule has 0 N–H and O–H groups in total. The van der Waals surface area contributed by atoms with E-state index < -0.39 is 0 Å². The van der Waals surface area contributed by atoms with Gasteiger partial charge in [-0.15, -0.1) is 19.0 Å². The number of rotatable bonds is 4. The molecule has 0 aromatic heterocycles. The zero-order valence-electron chi connectivity index (χ0n) is 13.0. The smallest absolute Gasteiger partial charge is 0.0819 e. The van der Waals surface area contributed by atoms with Gasteiger partial charge in [0.1, 0.15) is 0 Å². The Bertz CT molecular complexity index is 164. The van der Waals surface area contributed by atoms with Crippen molar-refractivity contribution in [3.8, 4) is 0 Å². The van der Waals surface area contributed by atoms with Gasteiger partial charge in [0.25, 0.3) is 0 Å². The molecular weight excluding hydrogens is 294 g/mol. The van der Waals surface area contributed by atoms with Crippen LogP contribution in [0.1, 0.15) is 55.4 Å². The van der Waals surface area contributed by atoms with Crippen LogP contribution in [0.3, 0.4) is 0 Å². The van der Waals surface area contributed by atoms with Crippen LogP contribution in [-0.2, 0) is 19.6 Å². The van der Waals surface area contributed by atoms with Crippen LogP contribution in [0.4, 0.5) is 0 Å². The van der Waals surface area contributed by atoms with Crippen LogP contribution in [0.2, 0.25) is 0 Å². The monoisotopic (exact) mass is 326 g/mol. The summed E-state index contributed by atoms with van der Waals surface area (Å²) in [5.74, 6) is 0. The molecule has 0 fully saturated rings. The standard InChI is InChI=1S/C8H18N2.C4H9N.CH3.Mo/c1-6(2)9-8(5)10-7(3)4;1-4(2,3)5;;/h6-8H,1-5H3;1-3H3;1H3;/q-2;;-1;. The fourth-order valence-corrected chi connectivity index (χ4v) is 0.901. The van der Waals surface area contributed by atoms with Crippen molar-refractivity contribution in [2.24, 2.45) is 3.50 Å². The average Bonchev–Trinajstić information content (AvgIpc) is 2.00. The number of nitrogens with zero attached hydrogens (tertiary/aromatic N) is 3. The van der Waals surface area contributed by atoms with Crippen LogP contribution >= 0.6 is 0 Å². The Balaban J connectivity index is -0.000000244. The molecule has 3 nitrogen and oxygen atoms in total. The number of hydrogen-bond donors (Lipinski definition) is 0. The van der Waals surface area contributed by atoms with Crippen LogP contribution in [0.5, 0.6) is 0 Å². The minimum absolute atomic E-state index is 0. The molecule has 0 spiro atoms. The van der Waals surface area contributed by atoms with Crippen molar-refractivity contribution >= 4 is 0 Å². The molecule has 106 valence electrons. The summed E-state index contributed by atoms with van der Waals surface area (Å²) < 4.78 is 4.03. The molecule has 0 aromatic rings. The largest absolute Gasteiger partial charge is 0.676 e. The van der Waals surface area contributed by atoms with E-state index in [4.69, 9.17) is 0 Å². The molecule has 0 aliphatic rings. The quantitative estimate of drug-likeness (QED) is 0.523. The van der Waals surface area contributed by atoms with Gasteiger partial charge in [-0.25, -0.2) is 6.17 Å². The van der Waals surface area contributed by atoms with Crippen molar-refractivity contribution in [1.29, 1.82) is 0 Å². The first-order valence-electron chi connectivity index (χ1n) is 5.83. The molecule has 0 rings (SSSR count). The molecule has 0 saturated carbocycles. The molecule has 0 amide bonds. The van der Waals surface area contributed by atoms with Gasteiger partial charge < -0.3 is 18.1 Å². The summed E-state index contributed by atoms with van der Waals surface area (Å²) in [6.07, 6.45) is 0.167. The van der Waals surface area contributed by atoms with Crippen molar-refractivity contribution < 1.29 is 19.6 Å². The molecule has 0 heterocycles. The molecule has 4 heteroatoms. The molecule has 0 atom stereocenters. The predicted octanol–water partition coefficient (Wildman–Crippen LogP) is 4.86. The van der Waals surface area contributed by atoms with Gasteiger partial charge >= 0.3 is 49.4 Å². The number of hydrogen-bond acceptors (Lipinski definition) is 1. The predicted molar refractivity (Wildman–Crippen MR) is 75.0 cm³/mol. The van der Waals surface area contributed by atoms with Gasteiger partial charge in [-0.1, -0.05) is 27.7 Å². The fourth-order valence-electron chi connectivity index (χ4n) is 0.901. The Morgan fingerprint density at radius 1 is 0.882 bits per heavy atom. The third-order valence-electron chi connectivity index (χ3n) is 1.30.